The van der Waals surface area contributed by atoms with Gasteiger partial charge in [-0.25, -0.2) is 0 Å². The first-order valence-electron chi connectivity index (χ1n) is 6.92. The van der Waals surface area contributed by atoms with Gasteiger partial charge in [0.1, 0.15) is 5.75 Å². The van der Waals surface area contributed by atoms with Crippen LogP contribution in [0.5, 0.6) is 5.75 Å². The van der Waals surface area contributed by atoms with Crippen molar-refractivity contribution in [1.82, 2.24) is 9.80 Å². The van der Waals surface area contributed by atoms with E-state index in [1.54, 1.807) is 7.11 Å². The standard InChI is InChI=1S/C15H22N2O3/c1-12(13-4-3-5-14(10-13)20-2)17-8-6-16(7-9-17)11-15(18)19/h3-5,10,12H,6-9,11H2,1-2H3,(H,18,19)/t12-/m1/s1. The lowest BCUT2D eigenvalue weighted by Crippen LogP contribution is -2.48. The summed E-state index contributed by atoms with van der Waals surface area (Å²) >= 11 is 0. The van der Waals surface area contributed by atoms with E-state index >= 15 is 0 Å². The molecule has 0 aliphatic carbocycles. The zero-order valence-corrected chi connectivity index (χ0v) is 12.1. The van der Waals surface area contributed by atoms with E-state index in [1.165, 1.54) is 5.56 Å². The van der Waals surface area contributed by atoms with Gasteiger partial charge in [0.2, 0.25) is 0 Å². The normalized spacial score (nSPS) is 18.7. The van der Waals surface area contributed by atoms with Crippen LogP contribution in [0.25, 0.3) is 0 Å². The number of piperazine rings is 1. The Hall–Kier alpha value is -1.59. The van der Waals surface area contributed by atoms with Crippen molar-refractivity contribution in [3.63, 3.8) is 0 Å². The number of hydrogen-bond acceptors (Lipinski definition) is 4. The number of benzene rings is 1. The van der Waals surface area contributed by atoms with Gasteiger partial charge in [0.05, 0.1) is 13.7 Å². The summed E-state index contributed by atoms with van der Waals surface area (Å²) in [5.74, 6) is 0.123. The zero-order valence-electron chi connectivity index (χ0n) is 12.1. The molecule has 0 aromatic heterocycles. The van der Waals surface area contributed by atoms with Crippen molar-refractivity contribution in [2.24, 2.45) is 0 Å². The largest absolute Gasteiger partial charge is 0.497 e. The third-order valence-electron chi connectivity index (χ3n) is 3.89. The maximum Gasteiger partial charge on any atom is 0.317 e. The quantitative estimate of drug-likeness (QED) is 0.883. The van der Waals surface area contributed by atoms with Gasteiger partial charge in [-0.2, -0.15) is 0 Å². The molecule has 5 nitrogen and oxygen atoms in total. The lowest BCUT2D eigenvalue weighted by molar-refractivity contribution is -0.138. The van der Waals surface area contributed by atoms with Crippen LogP contribution in [-0.4, -0.2) is 60.7 Å². The highest BCUT2D eigenvalue weighted by atomic mass is 16.5. The molecule has 1 atom stereocenters. The Morgan fingerprint density at radius 1 is 1.35 bits per heavy atom. The summed E-state index contributed by atoms with van der Waals surface area (Å²) in [6.07, 6.45) is 0. The SMILES string of the molecule is COc1cccc([C@@H](C)N2CCN(CC(=O)O)CC2)c1. The molecule has 0 saturated carbocycles. The fourth-order valence-electron chi connectivity index (χ4n) is 2.61. The fraction of sp³-hybridized carbons (Fsp3) is 0.533. The molecular weight excluding hydrogens is 256 g/mol. The predicted molar refractivity (Wildman–Crippen MR) is 77.1 cm³/mol. The summed E-state index contributed by atoms with van der Waals surface area (Å²) in [5.41, 5.74) is 1.23. The fourth-order valence-corrected chi connectivity index (χ4v) is 2.61. The van der Waals surface area contributed by atoms with Crippen molar-refractivity contribution in [3.05, 3.63) is 29.8 Å². The number of ether oxygens (including phenoxy) is 1. The number of rotatable bonds is 5. The highest BCUT2D eigenvalue weighted by molar-refractivity contribution is 5.69. The molecular formula is C15H22N2O3. The van der Waals surface area contributed by atoms with Crippen molar-refractivity contribution in [3.8, 4) is 5.75 Å². The molecule has 5 heteroatoms. The molecule has 0 bridgehead atoms. The molecule has 0 radical (unpaired) electrons. The molecule has 1 saturated heterocycles. The second-order valence-corrected chi connectivity index (χ2v) is 5.16. The number of nitrogens with zero attached hydrogens (tertiary/aromatic N) is 2. The van der Waals surface area contributed by atoms with Gasteiger partial charge < -0.3 is 9.84 Å². The number of hydrogen-bond donors (Lipinski definition) is 1. The maximum atomic E-state index is 10.7. The monoisotopic (exact) mass is 278 g/mol. The molecule has 1 N–H and O–H groups in total. The summed E-state index contributed by atoms with van der Waals surface area (Å²) in [6.45, 7) is 5.72. The van der Waals surface area contributed by atoms with Gasteiger partial charge in [-0.3, -0.25) is 14.6 Å². The average Bonchev–Trinajstić information content (AvgIpc) is 2.47. The predicted octanol–water partition coefficient (Wildman–Crippen LogP) is 1.46. The first kappa shape index (κ1) is 14.8. The number of carbonyl (C=O) groups is 1. The van der Waals surface area contributed by atoms with E-state index in [1.807, 2.05) is 17.0 Å². The maximum absolute atomic E-state index is 10.7. The molecule has 20 heavy (non-hydrogen) atoms. The van der Waals surface area contributed by atoms with Gasteiger partial charge in [-0.1, -0.05) is 12.1 Å². The van der Waals surface area contributed by atoms with Gasteiger partial charge in [-0.15, -0.1) is 0 Å². The molecule has 0 amide bonds. The average molecular weight is 278 g/mol. The summed E-state index contributed by atoms with van der Waals surface area (Å²) in [6, 6.07) is 8.44. The Morgan fingerprint density at radius 2 is 2.05 bits per heavy atom. The lowest BCUT2D eigenvalue weighted by atomic mass is 10.1. The van der Waals surface area contributed by atoms with Crippen molar-refractivity contribution in [2.75, 3.05) is 39.8 Å². The number of carboxylic acid groups (broad SMARTS) is 1. The number of carboxylic acids is 1. The van der Waals surface area contributed by atoms with Crippen molar-refractivity contribution >= 4 is 5.97 Å². The van der Waals surface area contributed by atoms with Crippen LogP contribution in [0.4, 0.5) is 0 Å². The van der Waals surface area contributed by atoms with Crippen LogP contribution >= 0.6 is 0 Å². The van der Waals surface area contributed by atoms with Gasteiger partial charge >= 0.3 is 5.97 Å². The highest BCUT2D eigenvalue weighted by Gasteiger charge is 2.23. The van der Waals surface area contributed by atoms with E-state index in [4.69, 9.17) is 9.84 Å². The third-order valence-corrected chi connectivity index (χ3v) is 3.89. The van der Waals surface area contributed by atoms with Crippen LogP contribution in [0.3, 0.4) is 0 Å². The smallest absolute Gasteiger partial charge is 0.317 e. The third kappa shape index (κ3) is 3.71. The first-order chi connectivity index (χ1) is 9.60. The van der Waals surface area contributed by atoms with Crippen LogP contribution in [0, 0.1) is 0 Å². The molecule has 0 unspecified atom stereocenters. The summed E-state index contributed by atoms with van der Waals surface area (Å²) in [4.78, 5) is 15.1. The molecule has 1 heterocycles. The second-order valence-electron chi connectivity index (χ2n) is 5.16. The molecule has 110 valence electrons. The van der Waals surface area contributed by atoms with E-state index in [2.05, 4.69) is 24.0 Å². The topological polar surface area (TPSA) is 53.0 Å². The molecule has 1 aliphatic rings. The van der Waals surface area contributed by atoms with E-state index in [-0.39, 0.29) is 6.54 Å². The summed E-state index contributed by atoms with van der Waals surface area (Å²) in [7, 11) is 1.68. The van der Waals surface area contributed by atoms with Crippen molar-refractivity contribution in [1.29, 1.82) is 0 Å². The Balaban J connectivity index is 1.94. The minimum absolute atomic E-state index is 0.140. The van der Waals surface area contributed by atoms with E-state index < -0.39 is 5.97 Å². The van der Waals surface area contributed by atoms with Crippen LogP contribution in [0.2, 0.25) is 0 Å². The lowest BCUT2D eigenvalue weighted by Gasteiger charge is -2.37. The van der Waals surface area contributed by atoms with Crippen LogP contribution in [-0.2, 0) is 4.79 Å². The van der Waals surface area contributed by atoms with Gasteiger partial charge in [-0.05, 0) is 24.6 Å². The second kappa shape index (κ2) is 6.72. The number of methoxy groups -OCH3 is 1. The molecule has 1 aliphatic heterocycles. The summed E-state index contributed by atoms with van der Waals surface area (Å²) < 4.78 is 5.26. The molecule has 1 aromatic carbocycles. The van der Waals surface area contributed by atoms with Crippen molar-refractivity contribution < 1.29 is 14.6 Å². The highest BCUT2D eigenvalue weighted by Crippen LogP contribution is 2.24. The minimum Gasteiger partial charge on any atom is -0.497 e. The van der Waals surface area contributed by atoms with Crippen molar-refractivity contribution in [2.45, 2.75) is 13.0 Å². The molecule has 0 spiro atoms. The zero-order chi connectivity index (χ0) is 14.5. The number of aliphatic carboxylic acids is 1. The van der Waals surface area contributed by atoms with Gasteiger partial charge in [0.15, 0.2) is 0 Å². The summed E-state index contributed by atoms with van der Waals surface area (Å²) in [5, 5.41) is 8.81. The Labute approximate surface area is 119 Å². The van der Waals surface area contributed by atoms with E-state index in [0.717, 1.165) is 31.9 Å². The Morgan fingerprint density at radius 3 is 2.65 bits per heavy atom. The van der Waals surface area contributed by atoms with E-state index in [0.29, 0.717) is 6.04 Å². The van der Waals surface area contributed by atoms with Crippen LogP contribution in [0.15, 0.2) is 24.3 Å². The van der Waals surface area contributed by atoms with Gasteiger partial charge in [0, 0.05) is 32.2 Å². The Bertz CT molecular complexity index is 456. The van der Waals surface area contributed by atoms with E-state index in [9.17, 15) is 4.79 Å². The molecule has 2 rings (SSSR count). The van der Waals surface area contributed by atoms with Crippen LogP contribution < -0.4 is 4.74 Å². The molecule has 1 fully saturated rings. The van der Waals surface area contributed by atoms with Crippen LogP contribution in [0.1, 0.15) is 18.5 Å². The van der Waals surface area contributed by atoms with Gasteiger partial charge in [0.25, 0.3) is 0 Å². The molecule has 1 aromatic rings. The Kier molecular flexibility index (Phi) is 4.98. The minimum atomic E-state index is -0.751. The first-order valence-corrected chi connectivity index (χ1v) is 6.92.